The molecule has 1 aromatic carbocycles. The zero-order chi connectivity index (χ0) is 27.1. The lowest BCUT2D eigenvalue weighted by Gasteiger charge is -2.37. The molecule has 0 aliphatic rings. The van der Waals surface area contributed by atoms with Gasteiger partial charge in [-0.15, -0.1) is 0 Å². The summed E-state index contributed by atoms with van der Waals surface area (Å²) in [6, 6.07) is 4.23. The van der Waals surface area contributed by atoms with Gasteiger partial charge >= 0.3 is 6.09 Å². The minimum absolute atomic E-state index is 0.143. The topological polar surface area (TPSA) is 87.7 Å². The molecule has 0 saturated carbocycles. The smallest absolute Gasteiger partial charge is 0.408 e. The Morgan fingerprint density at radius 2 is 1.54 bits per heavy atom. The van der Waals surface area contributed by atoms with E-state index in [9.17, 15) is 14.4 Å². The van der Waals surface area contributed by atoms with Crippen LogP contribution in [0, 0.1) is 19.8 Å². The van der Waals surface area contributed by atoms with Crippen molar-refractivity contribution in [3.63, 3.8) is 0 Å². The van der Waals surface area contributed by atoms with Crippen LogP contribution in [0.2, 0.25) is 0 Å². The van der Waals surface area contributed by atoms with Gasteiger partial charge in [-0.1, -0.05) is 39.0 Å². The maximum absolute atomic E-state index is 14.1. The largest absolute Gasteiger partial charge is 0.444 e. The molecule has 0 radical (unpaired) electrons. The van der Waals surface area contributed by atoms with Crippen LogP contribution in [0.4, 0.5) is 4.79 Å². The molecular weight excluding hydrogens is 442 g/mol. The molecule has 198 valence electrons. The van der Waals surface area contributed by atoms with Crippen molar-refractivity contribution in [3.8, 4) is 0 Å². The molecule has 2 N–H and O–H groups in total. The first-order valence-electron chi connectivity index (χ1n) is 12.6. The van der Waals surface area contributed by atoms with Crippen molar-refractivity contribution in [3.05, 3.63) is 34.9 Å². The molecular formula is C28H47N3O4. The summed E-state index contributed by atoms with van der Waals surface area (Å²) in [6.45, 7) is 21.4. The van der Waals surface area contributed by atoms with E-state index >= 15 is 0 Å². The van der Waals surface area contributed by atoms with Gasteiger partial charge in [0.15, 0.2) is 0 Å². The highest BCUT2D eigenvalue weighted by Crippen LogP contribution is 2.30. The number of hydrogen-bond donors (Lipinski definition) is 2. The highest BCUT2D eigenvalue weighted by atomic mass is 16.6. The average Bonchev–Trinajstić information content (AvgIpc) is 2.65. The van der Waals surface area contributed by atoms with Crippen LogP contribution in [-0.2, 0) is 14.3 Å². The molecule has 0 heterocycles. The van der Waals surface area contributed by atoms with E-state index in [0.717, 1.165) is 16.7 Å². The first-order chi connectivity index (χ1) is 16.0. The molecule has 3 amide bonds. The maximum atomic E-state index is 14.1. The lowest BCUT2D eigenvalue weighted by Crippen LogP contribution is -2.55. The predicted octanol–water partition coefficient (Wildman–Crippen LogP) is 5.44. The highest BCUT2D eigenvalue weighted by Gasteiger charge is 2.38. The van der Waals surface area contributed by atoms with Crippen LogP contribution in [0.3, 0.4) is 0 Å². The van der Waals surface area contributed by atoms with E-state index in [1.54, 1.807) is 25.7 Å². The molecule has 0 spiro atoms. The Bertz CT molecular complexity index is 861. The number of aryl methyl sites for hydroxylation is 2. The molecule has 0 bridgehead atoms. The SMILES string of the molecule is CCCN(C(=O)C(CC(C)C)NC(=O)OC(C)(C)C)C(C(=O)NC(C)(C)C)c1c(C)cccc1C. The zero-order valence-electron chi connectivity index (χ0n) is 23.7. The van der Waals surface area contributed by atoms with Crippen LogP contribution in [0.1, 0.15) is 97.9 Å². The summed E-state index contributed by atoms with van der Waals surface area (Å²) in [4.78, 5) is 42.0. The molecule has 7 heteroatoms. The first-order valence-corrected chi connectivity index (χ1v) is 12.6. The Kier molecular flexibility index (Phi) is 10.8. The molecule has 0 fully saturated rings. The third kappa shape index (κ3) is 9.90. The number of carbonyl (C=O) groups excluding carboxylic acids is 3. The maximum Gasteiger partial charge on any atom is 0.408 e. The third-order valence-corrected chi connectivity index (χ3v) is 5.32. The molecule has 35 heavy (non-hydrogen) atoms. The van der Waals surface area contributed by atoms with Gasteiger partial charge in [-0.3, -0.25) is 9.59 Å². The van der Waals surface area contributed by atoms with Crippen LogP contribution in [0.25, 0.3) is 0 Å². The lowest BCUT2D eigenvalue weighted by molar-refractivity contribution is -0.143. The Hall–Kier alpha value is -2.57. The van der Waals surface area contributed by atoms with Crippen molar-refractivity contribution >= 4 is 17.9 Å². The molecule has 0 aliphatic carbocycles. The number of hydrogen-bond acceptors (Lipinski definition) is 4. The summed E-state index contributed by atoms with van der Waals surface area (Å²) in [5.41, 5.74) is 1.53. The summed E-state index contributed by atoms with van der Waals surface area (Å²) in [6.07, 6.45) is 0.450. The van der Waals surface area contributed by atoms with E-state index in [0.29, 0.717) is 19.4 Å². The van der Waals surface area contributed by atoms with Gasteiger partial charge in [0.1, 0.15) is 17.7 Å². The van der Waals surface area contributed by atoms with Gasteiger partial charge in [0.25, 0.3) is 0 Å². The fraction of sp³-hybridized carbons (Fsp3) is 0.679. The number of benzene rings is 1. The molecule has 7 nitrogen and oxygen atoms in total. The van der Waals surface area contributed by atoms with Crippen molar-refractivity contribution in [1.29, 1.82) is 0 Å². The van der Waals surface area contributed by atoms with E-state index in [2.05, 4.69) is 10.6 Å². The van der Waals surface area contributed by atoms with Crippen molar-refractivity contribution < 1.29 is 19.1 Å². The molecule has 2 atom stereocenters. The van der Waals surface area contributed by atoms with Crippen molar-refractivity contribution in [2.75, 3.05) is 6.54 Å². The average molecular weight is 490 g/mol. The van der Waals surface area contributed by atoms with Crippen LogP contribution < -0.4 is 10.6 Å². The summed E-state index contributed by atoms with van der Waals surface area (Å²) in [7, 11) is 0. The Morgan fingerprint density at radius 3 is 1.97 bits per heavy atom. The number of alkyl carbamates (subject to hydrolysis) is 1. The summed E-state index contributed by atoms with van der Waals surface area (Å²) in [5.74, 6) is -0.384. The quantitative estimate of drug-likeness (QED) is 0.484. The van der Waals surface area contributed by atoms with E-state index < -0.39 is 29.3 Å². The molecule has 1 rings (SSSR count). The fourth-order valence-corrected chi connectivity index (χ4v) is 4.08. The monoisotopic (exact) mass is 489 g/mol. The second-order valence-electron chi connectivity index (χ2n) is 11.8. The Labute approximate surface area is 212 Å². The van der Waals surface area contributed by atoms with Crippen LogP contribution in [-0.4, -0.2) is 46.5 Å². The molecule has 0 aromatic heterocycles. The Morgan fingerprint density at radius 1 is 1.00 bits per heavy atom. The van der Waals surface area contributed by atoms with E-state index in [1.165, 1.54) is 0 Å². The highest BCUT2D eigenvalue weighted by molar-refractivity contribution is 5.92. The van der Waals surface area contributed by atoms with Crippen molar-refractivity contribution in [2.24, 2.45) is 5.92 Å². The van der Waals surface area contributed by atoms with Gasteiger partial charge in [0.05, 0.1) is 0 Å². The van der Waals surface area contributed by atoms with Crippen LogP contribution in [0.15, 0.2) is 18.2 Å². The standard InChI is InChI=1S/C28H47N3O4/c1-12-16-31(25(33)21(17-18(2)3)29-26(34)35-28(9,10)11)23(24(32)30-27(6,7)8)22-19(4)14-13-15-20(22)5/h13-15,18,21,23H,12,16-17H2,1-11H3,(H,29,34)(H,30,32). The number of ether oxygens (including phenoxy) is 1. The van der Waals surface area contributed by atoms with E-state index in [1.807, 2.05) is 73.6 Å². The van der Waals surface area contributed by atoms with Gasteiger partial charge in [0.2, 0.25) is 11.8 Å². The van der Waals surface area contributed by atoms with Gasteiger partial charge in [0, 0.05) is 12.1 Å². The normalized spacial score (nSPS) is 13.7. The second-order valence-corrected chi connectivity index (χ2v) is 11.8. The zero-order valence-corrected chi connectivity index (χ0v) is 23.7. The molecule has 0 aliphatic heterocycles. The molecule has 1 aromatic rings. The van der Waals surface area contributed by atoms with Crippen molar-refractivity contribution in [1.82, 2.24) is 15.5 Å². The van der Waals surface area contributed by atoms with Crippen LogP contribution in [0.5, 0.6) is 0 Å². The third-order valence-electron chi connectivity index (χ3n) is 5.32. The lowest BCUT2D eigenvalue weighted by atomic mass is 9.92. The fourth-order valence-electron chi connectivity index (χ4n) is 4.08. The van der Waals surface area contributed by atoms with Gasteiger partial charge < -0.3 is 20.3 Å². The Balaban J connectivity index is 3.56. The van der Waals surface area contributed by atoms with Gasteiger partial charge in [-0.2, -0.15) is 0 Å². The molecule has 2 unspecified atom stereocenters. The van der Waals surface area contributed by atoms with Gasteiger partial charge in [-0.25, -0.2) is 4.79 Å². The first kappa shape index (κ1) is 30.5. The summed E-state index contributed by atoms with van der Waals surface area (Å²) < 4.78 is 5.44. The minimum Gasteiger partial charge on any atom is -0.444 e. The van der Waals surface area contributed by atoms with E-state index in [4.69, 9.17) is 4.74 Å². The number of carbonyl (C=O) groups is 3. The van der Waals surface area contributed by atoms with E-state index in [-0.39, 0.29) is 17.7 Å². The van der Waals surface area contributed by atoms with Crippen molar-refractivity contribution in [2.45, 2.75) is 112 Å². The van der Waals surface area contributed by atoms with Gasteiger partial charge in [-0.05, 0) is 90.8 Å². The number of rotatable bonds is 9. The summed E-state index contributed by atoms with van der Waals surface area (Å²) in [5, 5.41) is 5.85. The second kappa shape index (κ2) is 12.4. The summed E-state index contributed by atoms with van der Waals surface area (Å²) >= 11 is 0. The number of nitrogens with zero attached hydrogens (tertiary/aromatic N) is 1. The number of nitrogens with one attached hydrogen (secondary N) is 2. The molecule has 0 saturated heterocycles. The minimum atomic E-state index is -0.821. The van der Waals surface area contributed by atoms with Crippen LogP contribution >= 0.6 is 0 Å². The number of amides is 3. The predicted molar refractivity (Wildman–Crippen MR) is 141 cm³/mol.